The van der Waals surface area contributed by atoms with Crippen LogP contribution < -0.4 is 5.56 Å². The third-order valence-corrected chi connectivity index (χ3v) is 3.15. The van der Waals surface area contributed by atoms with Crippen molar-refractivity contribution in [2.24, 2.45) is 0 Å². The Labute approximate surface area is 117 Å². The van der Waals surface area contributed by atoms with Crippen LogP contribution in [0.3, 0.4) is 0 Å². The lowest BCUT2D eigenvalue weighted by Crippen LogP contribution is -2.18. The van der Waals surface area contributed by atoms with Gasteiger partial charge in [-0.3, -0.25) is 4.79 Å². The van der Waals surface area contributed by atoms with Gasteiger partial charge in [0.2, 0.25) is 0 Å². The standard InChI is InChI=1S/C13H10INO3/c14-9-3-1-2-8(6-9)7-10-4-5-11(13(17)18)12(16)15-10/h1-6H,7H2,(H,15,16)(H,17,18). The summed E-state index contributed by atoms with van der Waals surface area (Å²) in [4.78, 5) is 24.8. The number of hydrogen-bond donors (Lipinski definition) is 2. The Hall–Kier alpha value is -1.63. The van der Waals surface area contributed by atoms with E-state index < -0.39 is 11.5 Å². The van der Waals surface area contributed by atoms with Gasteiger partial charge in [-0.1, -0.05) is 12.1 Å². The van der Waals surface area contributed by atoms with Gasteiger partial charge in [-0.15, -0.1) is 0 Å². The quantitative estimate of drug-likeness (QED) is 0.830. The van der Waals surface area contributed by atoms with Crippen LogP contribution in [0.25, 0.3) is 0 Å². The first-order valence-corrected chi connectivity index (χ1v) is 6.34. The molecule has 0 saturated heterocycles. The Morgan fingerprint density at radius 2 is 2.06 bits per heavy atom. The SMILES string of the molecule is O=C(O)c1ccc(Cc2cccc(I)c2)[nH]c1=O. The molecule has 0 aliphatic carbocycles. The van der Waals surface area contributed by atoms with Crippen LogP contribution in [0.2, 0.25) is 0 Å². The third kappa shape index (κ3) is 2.98. The summed E-state index contributed by atoms with van der Waals surface area (Å²) in [6.07, 6.45) is 0.575. The van der Waals surface area contributed by atoms with Crippen molar-refractivity contribution < 1.29 is 9.90 Å². The minimum absolute atomic E-state index is 0.235. The molecule has 0 atom stereocenters. The van der Waals surface area contributed by atoms with E-state index in [1.54, 1.807) is 6.07 Å². The number of aromatic amines is 1. The number of rotatable bonds is 3. The molecule has 0 fully saturated rings. The number of pyridine rings is 1. The second kappa shape index (κ2) is 5.34. The fourth-order valence-corrected chi connectivity index (χ4v) is 2.26. The van der Waals surface area contributed by atoms with E-state index in [1.807, 2.05) is 24.3 Å². The van der Waals surface area contributed by atoms with E-state index in [-0.39, 0.29) is 5.56 Å². The van der Waals surface area contributed by atoms with Gasteiger partial charge in [0, 0.05) is 15.7 Å². The van der Waals surface area contributed by atoms with Crippen LogP contribution in [-0.4, -0.2) is 16.1 Å². The van der Waals surface area contributed by atoms with E-state index >= 15 is 0 Å². The summed E-state index contributed by atoms with van der Waals surface area (Å²) < 4.78 is 1.12. The molecule has 0 amide bonds. The molecule has 1 aromatic heterocycles. The van der Waals surface area contributed by atoms with Crippen molar-refractivity contribution in [1.29, 1.82) is 0 Å². The van der Waals surface area contributed by atoms with E-state index in [0.29, 0.717) is 12.1 Å². The van der Waals surface area contributed by atoms with Crippen LogP contribution in [-0.2, 0) is 6.42 Å². The van der Waals surface area contributed by atoms with Crippen molar-refractivity contribution in [2.75, 3.05) is 0 Å². The van der Waals surface area contributed by atoms with Crippen LogP contribution in [0.1, 0.15) is 21.6 Å². The lowest BCUT2D eigenvalue weighted by atomic mass is 10.1. The predicted octanol–water partition coefficient (Wildman–Crippen LogP) is 2.27. The molecule has 4 nitrogen and oxygen atoms in total. The molecule has 1 heterocycles. The molecule has 0 saturated carbocycles. The van der Waals surface area contributed by atoms with Gasteiger partial charge in [0.25, 0.3) is 5.56 Å². The maximum Gasteiger partial charge on any atom is 0.341 e. The fourth-order valence-electron chi connectivity index (χ4n) is 1.65. The topological polar surface area (TPSA) is 70.2 Å². The highest BCUT2D eigenvalue weighted by atomic mass is 127. The first-order chi connectivity index (χ1) is 8.56. The van der Waals surface area contributed by atoms with E-state index in [4.69, 9.17) is 5.11 Å². The normalized spacial score (nSPS) is 10.3. The highest BCUT2D eigenvalue weighted by molar-refractivity contribution is 14.1. The highest BCUT2D eigenvalue weighted by Gasteiger charge is 2.08. The minimum Gasteiger partial charge on any atom is -0.477 e. The van der Waals surface area contributed by atoms with Crippen molar-refractivity contribution in [2.45, 2.75) is 6.42 Å². The van der Waals surface area contributed by atoms with E-state index in [1.165, 1.54) is 6.07 Å². The van der Waals surface area contributed by atoms with Gasteiger partial charge < -0.3 is 10.1 Å². The zero-order chi connectivity index (χ0) is 13.1. The zero-order valence-corrected chi connectivity index (χ0v) is 11.5. The second-order valence-corrected chi connectivity index (χ2v) is 5.08. The van der Waals surface area contributed by atoms with Crippen LogP contribution in [0, 0.1) is 3.57 Å². The molecular formula is C13H10INO3. The first-order valence-electron chi connectivity index (χ1n) is 5.26. The average Bonchev–Trinajstić information content (AvgIpc) is 2.28. The number of carbonyl (C=O) groups is 1. The van der Waals surface area contributed by atoms with Crippen LogP contribution >= 0.6 is 22.6 Å². The number of nitrogens with one attached hydrogen (secondary N) is 1. The maximum absolute atomic E-state index is 11.5. The molecule has 5 heteroatoms. The Morgan fingerprint density at radius 3 is 2.67 bits per heavy atom. The molecule has 0 aliphatic rings. The zero-order valence-electron chi connectivity index (χ0n) is 9.31. The van der Waals surface area contributed by atoms with Crippen LogP contribution in [0.15, 0.2) is 41.2 Å². The predicted molar refractivity (Wildman–Crippen MR) is 76.0 cm³/mol. The van der Waals surface area contributed by atoms with Crippen LogP contribution in [0.4, 0.5) is 0 Å². The molecule has 92 valence electrons. The summed E-state index contributed by atoms with van der Waals surface area (Å²) in [6, 6.07) is 10.9. The summed E-state index contributed by atoms with van der Waals surface area (Å²) in [7, 11) is 0. The molecule has 0 bridgehead atoms. The fraction of sp³-hybridized carbons (Fsp3) is 0.0769. The Kier molecular flexibility index (Phi) is 3.81. The van der Waals surface area contributed by atoms with Gasteiger partial charge in [0.15, 0.2) is 0 Å². The molecular weight excluding hydrogens is 345 g/mol. The number of halogens is 1. The number of hydrogen-bond acceptors (Lipinski definition) is 2. The monoisotopic (exact) mass is 355 g/mol. The Morgan fingerprint density at radius 1 is 1.28 bits per heavy atom. The number of aromatic carboxylic acids is 1. The number of carboxylic acids is 1. The van der Waals surface area contributed by atoms with Crippen molar-refractivity contribution in [3.63, 3.8) is 0 Å². The molecule has 0 aliphatic heterocycles. The summed E-state index contributed by atoms with van der Waals surface area (Å²) >= 11 is 2.22. The van der Waals surface area contributed by atoms with Gasteiger partial charge in [-0.25, -0.2) is 4.79 Å². The van der Waals surface area contributed by atoms with Crippen molar-refractivity contribution in [3.8, 4) is 0 Å². The highest BCUT2D eigenvalue weighted by Crippen LogP contribution is 2.11. The number of aromatic nitrogens is 1. The summed E-state index contributed by atoms with van der Waals surface area (Å²) in [5.41, 5.74) is 0.972. The van der Waals surface area contributed by atoms with Gasteiger partial charge >= 0.3 is 5.97 Å². The molecule has 2 N–H and O–H groups in total. The second-order valence-electron chi connectivity index (χ2n) is 3.84. The largest absolute Gasteiger partial charge is 0.477 e. The van der Waals surface area contributed by atoms with Gasteiger partial charge in [0.05, 0.1) is 0 Å². The maximum atomic E-state index is 11.5. The minimum atomic E-state index is -1.21. The molecule has 0 radical (unpaired) electrons. The summed E-state index contributed by atoms with van der Waals surface area (Å²) in [6.45, 7) is 0. The van der Waals surface area contributed by atoms with Crippen molar-refractivity contribution >= 4 is 28.6 Å². The Bertz CT molecular complexity index is 649. The average molecular weight is 355 g/mol. The lowest BCUT2D eigenvalue weighted by Gasteiger charge is -2.03. The molecule has 2 aromatic rings. The van der Waals surface area contributed by atoms with Crippen LogP contribution in [0.5, 0.6) is 0 Å². The molecule has 0 unspecified atom stereocenters. The van der Waals surface area contributed by atoms with E-state index in [9.17, 15) is 9.59 Å². The first kappa shape index (κ1) is 12.8. The van der Waals surface area contributed by atoms with Gasteiger partial charge in [-0.05, 0) is 52.4 Å². The molecule has 18 heavy (non-hydrogen) atoms. The number of carboxylic acid groups (broad SMARTS) is 1. The van der Waals surface area contributed by atoms with Crippen molar-refractivity contribution in [3.05, 3.63) is 67.1 Å². The van der Waals surface area contributed by atoms with Crippen molar-refractivity contribution in [1.82, 2.24) is 4.98 Å². The van der Waals surface area contributed by atoms with Gasteiger partial charge in [-0.2, -0.15) is 0 Å². The molecule has 2 rings (SSSR count). The Balaban J connectivity index is 2.28. The third-order valence-electron chi connectivity index (χ3n) is 2.48. The lowest BCUT2D eigenvalue weighted by molar-refractivity contribution is 0.0695. The van der Waals surface area contributed by atoms with E-state index in [0.717, 1.165) is 9.13 Å². The van der Waals surface area contributed by atoms with Gasteiger partial charge in [0.1, 0.15) is 5.56 Å². The molecule has 0 spiro atoms. The smallest absolute Gasteiger partial charge is 0.341 e. The molecule has 1 aromatic carbocycles. The van der Waals surface area contributed by atoms with E-state index in [2.05, 4.69) is 27.6 Å². The summed E-state index contributed by atoms with van der Waals surface area (Å²) in [5.74, 6) is -1.21. The number of H-pyrrole nitrogens is 1. The number of benzene rings is 1. The summed E-state index contributed by atoms with van der Waals surface area (Å²) in [5, 5.41) is 8.76.